The van der Waals surface area contributed by atoms with Gasteiger partial charge < -0.3 is 0 Å². The Labute approximate surface area is 112 Å². The van der Waals surface area contributed by atoms with Crippen LogP contribution in [0.2, 0.25) is 0 Å². The van der Waals surface area contributed by atoms with Gasteiger partial charge in [0.2, 0.25) is 0 Å². The Balaban J connectivity index is 2.88. The van der Waals surface area contributed by atoms with Gasteiger partial charge in [0, 0.05) is 6.54 Å². The molecule has 2 heterocycles. The van der Waals surface area contributed by atoms with E-state index in [1.807, 2.05) is 20.8 Å². The lowest BCUT2D eigenvalue weighted by Gasteiger charge is -2.13. The van der Waals surface area contributed by atoms with Crippen LogP contribution in [-0.4, -0.2) is 15.8 Å². The maximum atomic E-state index is 12.3. The average molecular weight is 315 g/mol. The lowest BCUT2D eigenvalue weighted by atomic mass is 10.2. The Morgan fingerprint density at radius 2 is 1.94 bits per heavy atom. The van der Waals surface area contributed by atoms with E-state index in [0.717, 1.165) is 0 Å². The third-order valence-corrected chi connectivity index (χ3v) is 3.09. The van der Waals surface area contributed by atoms with Crippen LogP contribution in [0.3, 0.4) is 0 Å². The van der Waals surface area contributed by atoms with Gasteiger partial charge in [-0.15, -0.1) is 0 Å². The van der Waals surface area contributed by atoms with Gasteiger partial charge in [-0.25, -0.2) is 9.79 Å². The minimum Gasteiger partial charge on any atom is -0.267 e. The Morgan fingerprint density at radius 3 is 2.50 bits per heavy atom. The molecule has 0 spiro atoms. The molecule has 0 aliphatic carbocycles. The van der Waals surface area contributed by atoms with Crippen LogP contribution in [0.1, 0.15) is 25.7 Å². The molecule has 98 valence electrons. The van der Waals surface area contributed by atoms with E-state index in [-0.39, 0.29) is 28.8 Å². The molecule has 1 aromatic heterocycles. The molecule has 1 aliphatic rings. The van der Waals surface area contributed by atoms with Gasteiger partial charge in [-0.3, -0.25) is 18.9 Å². The van der Waals surface area contributed by atoms with E-state index in [0.29, 0.717) is 17.4 Å². The maximum Gasteiger partial charge on any atom is 0.333 e. The number of fused-ring (bicyclic) bond motifs is 1. The lowest BCUT2D eigenvalue weighted by molar-refractivity contribution is 0.461. The van der Waals surface area contributed by atoms with Crippen LogP contribution in [0.15, 0.2) is 19.6 Å². The summed E-state index contributed by atoms with van der Waals surface area (Å²) in [4.78, 5) is 32.5. The summed E-state index contributed by atoms with van der Waals surface area (Å²) < 4.78 is 2.71. The molecule has 0 bridgehead atoms. The first-order valence-electron chi connectivity index (χ1n) is 5.82. The number of halogens is 1. The lowest BCUT2D eigenvalue weighted by Crippen LogP contribution is -2.58. The van der Waals surface area contributed by atoms with Crippen LogP contribution in [0.5, 0.6) is 0 Å². The van der Waals surface area contributed by atoms with Crippen LogP contribution < -0.4 is 22.1 Å². The Morgan fingerprint density at radius 1 is 1.28 bits per heavy atom. The zero-order chi connectivity index (χ0) is 13.4. The van der Waals surface area contributed by atoms with Crippen LogP contribution in [-0.2, 0) is 6.54 Å². The summed E-state index contributed by atoms with van der Waals surface area (Å²) in [7, 11) is 0. The maximum absolute atomic E-state index is 12.3. The Bertz CT molecular complexity index is 699. The summed E-state index contributed by atoms with van der Waals surface area (Å²) in [5, 5.41) is 0.293. The van der Waals surface area contributed by atoms with Crippen LogP contribution in [0, 0.1) is 5.92 Å². The highest BCUT2D eigenvalue weighted by molar-refractivity contribution is 9.09. The topological polar surface area (TPSA) is 68.7 Å². The third kappa shape index (κ3) is 2.07. The van der Waals surface area contributed by atoms with Crippen molar-refractivity contribution in [2.75, 3.05) is 6.67 Å². The van der Waals surface area contributed by atoms with Crippen LogP contribution >= 0.6 is 15.9 Å². The summed E-state index contributed by atoms with van der Waals surface area (Å²) in [6.45, 7) is 6.35. The molecule has 0 saturated carbocycles. The van der Waals surface area contributed by atoms with E-state index in [2.05, 4.69) is 25.9 Å². The standard InChI is InChI=1S/C11H15BrN4O2/c1-6(2)4-15-10(17)8-9(14-5-13-8)16(7(3)12)11(15)18/h6-7H,4-5H2,1-3H3. The molecule has 6 nitrogen and oxygen atoms in total. The van der Waals surface area contributed by atoms with E-state index in [4.69, 9.17) is 0 Å². The second-order valence-corrected chi connectivity index (χ2v) is 5.99. The van der Waals surface area contributed by atoms with Gasteiger partial charge in [-0.1, -0.05) is 29.8 Å². The molecule has 0 saturated heterocycles. The van der Waals surface area contributed by atoms with Crippen LogP contribution in [0.25, 0.3) is 0 Å². The fourth-order valence-corrected chi connectivity index (χ4v) is 2.32. The van der Waals surface area contributed by atoms with Crippen molar-refractivity contribution in [2.45, 2.75) is 32.3 Å². The van der Waals surface area contributed by atoms with E-state index in [9.17, 15) is 9.59 Å². The molecule has 1 unspecified atom stereocenters. The fourth-order valence-electron chi connectivity index (χ4n) is 1.95. The predicted molar refractivity (Wildman–Crippen MR) is 70.6 cm³/mol. The monoisotopic (exact) mass is 314 g/mol. The van der Waals surface area contributed by atoms with E-state index in [1.165, 1.54) is 9.13 Å². The second-order valence-electron chi connectivity index (χ2n) is 4.67. The van der Waals surface area contributed by atoms with Gasteiger partial charge in [0.05, 0.1) is 4.95 Å². The number of hydrogen-bond acceptors (Lipinski definition) is 4. The average Bonchev–Trinajstić information content (AvgIpc) is 2.72. The first-order valence-corrected chi connectivity index (χ1v) is 6.73. The molecular weight excluding hydrogens is 300 g/mol. The van der Waals surface area contributed by atoms with E-state index < -0.39 is 0 Å². The molecular formula is C11H15BrN4O2. The molecule has 0 amide bonds. The molecule has 1 atom stereocenters. The molecule has 0 fully saturated rings. The molecule has 0 N–H and O–H groups in total. The largest absolute Gasteiger partial charge is 0.333 e. The minimum atomic E-state index is -0.339. The molecule has 18 heavy (non-hydrogen) atoms. The number of aromatic nitrogens is 2. The van der Waals surface area contributed by atoms with Crippen molar-refractivity contribution in [1.29, 1.82) is 0 Å². The van der Waals surface area contributed by atoms with Gasteiger partial charge in [0.25, 0.3) is 5.56 Å². The first kappa shape index (κ1) is 13.2. The third-order valence-electron chi connectivity index (χ3n) is 2.68. The molecule has 0 radical (unpaired) electrons. The van der Waals surface area contributed by atoms with Crippen molar-refractivity contribution in [3.63, 3.8) is 0 Å². The summed E-state index contributed by atoms with van der Waals surface area (Å²) in [5.41, 5.74) is -0.290. The number of hydrogen-bond donors (Lipinski definition) is 0. The normalized spacial score (nSPS) is 15.2. The van der Waals surface area contributed by atoms with Crippen molar-refractivity contribution in [2.24, 2.45) is 15.9 Å². The van der Waals surface area contributed by atoms with Crippen molar-refractivity contribution < 1.29 is 0 Å². The van der Waals surface area contributed by atoms with Gasteiger partial charge in [0.15, 0.2) is 10.8 Å². The SMILES string of the molecule is CC(C)Cn1c(=O)c2c(n(C(C)Br)c1=O)=NCN=2. The number of alkyl halides is 1. The zero-order valence-electron chi connectivity index (χ0n) is 10.6. The first-order chi connectivity index (χ1) is 8.43. The fraction of sp³-hybridized carbons (Fsp3) is 0.636. The number of rotatable bonds is 3. The van der Waals surface area contributed by atoms with Crippen molar-refractivity contribution in [3.05, 3.63) is 31.7 Å². The highest BCUT2D eigenvalue weighted by atomic mass is 79.9. The summed E-state index contributed by atoms with van der Waals surface area (Å²) in [5.74, 6) is 0.214. The van der Waals surface area contributed by atoms with Crippen molar-refractivity contribution in [1.82, 2.24) is 9.13 Å². The van der Waals surface area contributed by atoms with Crippen LogP contribution in [0.4, 0.5) is 0 Å². The quantitative estimate of drug-likeness (QED) is 0.724. The van der Waals surface area contributed by atoms with Gasteiger partial charge in [0.1, 0.15) is 6.67 Å². The highest BCUT2D eigenvalue weighted by Crippen LogP contribution is 2.06. The Hall–Kier alpha value is -1.24. The molecule has 1 aromatic rings. The van der Waals surface area contributed by atoms with Gasteiger partial charge in [-0.05, 0) is 12.8 Å². The summed E-state index contributed by atoms with van der Waals surface area (Å²) in [6.07, 6.45) is 0. The molecule has 7 heteroatoms. The number of nitrogens with zero attached hydrogens (tertiary/aromatic N) is 4. The van der Waals surface area contributed by atoms with Crippen molar-refractivity contribution >= 4 is 15.9 Å². The Kier molecular flexibility index (Phi) is 3.52. The highest BCUT2D eigenvalue weighted by Gasteiger charge is 2.17. The zero-order valence-corrected chi connectivity index (χ0v) is 12.1. The smallest absolute Gasteiger partial charge is 0.267 e. The summed E-state index contributed by atoms with van der Waals surface area (Å²) in [6, 6.07) is 0. The van der Waals surface area contributed by atoms with Gasteiger partial charge >= 0.3 is 5.69 Å². The molecule has 0 aromatic carbocycles. The van der Waals surface area contributed by atoms with E-state index >= 15 is 0 Å². The van der Waals surface area contributed by atoms with E-state index in [1.54, 1.807) is 0 Å². The molecule has 2 rings (SSSR count). The minimum absolute atomic E-state index is 0.214. The van der Waals surface area contributed by atoms with Gasteiger partial charge in [-0.2, -0.15) is 0 Å². The summed E-state index contributed by atoms with van der Waals surface area (Å²) >= 11 is 3.36. The second kappa shape index (κ2) is 4.79. The predicted octanol–water partition coefficient (Wildman–Crippen LogP) is -0.210. The van der Waals surface area contributed by atoms with Crippen molar-refractivity contribution in [3.8, 4) is 0 Å². The molecule has 1 aliphatic heterocycles.